The highest BCUT2D eigenvalue weighted by atomic mass is 15.0. The van der Waals surface area contributed by atoms with Crippen LogP contribution in [0.25, 0.3) is 0 Å². The van der Waals surface area contributed by atoms with Gasteiger partial charge >= 0.3 is 0 Å². The van der Waals surface area contributed by atoms with Gasteiger partial charge in [0.2, 0.25) is 0 Å². The number of rotatable bonds is 7. The van der Waals surface area contributed by atoms with Crippen molar-refractivity contribution in [3.05, 3.63) is 0 Å². The normalized spacial score (nSPS) is 16.0. The molecule has 0 heterocycles. The van der Waals surface area contributed by atoms with E-state index in [2.05, 4.69) is 31.4 Å². The summed E-state index contributed by atoms with van der Waals surface area (Å²) < 4.78 is 0. The standard InChI is InChI=1S/C10H24N2/c1-5-6-9(2)7-12-10(3)8-11-4/h9-12H,5-8H2,1-4H3. The molecule has 2 nitrogen and oxygen atoms in total. The molecule has 0 rings (SSSR count). The maximum absolute atomic E-state index is 3.51. The fourth-order valence-electron chi connectivity index (χ4n) is 1.38. The van der Waals surface area contributed by atoms with E-state index >= 15 is 0 Å². The van der Waals surface area contributed by atoms with Gasteiger partial charge in [-0.1, -0.05) is 20.3 Å². The Kier molecular flexibility index (Phi) is 7.51. The van der Waals surface area contributed by atoms with E-state index in [9.17, 15) is 0 Å². The van der Waals surface area contributed by atoms with Crippen molar-refractivity contribution in [2.75, 3.05) is 20.1 Å². The minimum Gasteiger partial charge on any atom is -0.318 e. The molecule has 2 heteroatoms. The maximum Gasteiger partial charge on any atom is 0.0164 e. The third kappa shape index (κ3) is 6.62. The lowest BCUT2D eigenvalue weighted by Crippen LogP contribution is -2.37. The van der Waals surface area contributed by atoms with E-state index in [-0.39, 0.29) is 0 Å². The van der Waals surface area contributed by atoms with Crippen LogP contribution in [-0.2, 0) is 0 Å². The molecule has 0 aliphatic carbocycles. The van der Waals surface area contributed by atoms with E-state index in [0.717, 1.165) is 19.0 Å². The summed E-state index contributed by atoms with van der Waals surface area (Å²) in [5, 5.41) is 6.67. The van der Waals surface area contributed by atoms with E-state index in [1.807, 2.05) is 7.05 Å². The van der Waals surface area contributed by atoms with Gasteiger partial charge in [0.15, 0.2) is 0 Å². The third-order valence-electron chi connectivity index (χ3n) is 2.11. The molecular formula is C10H24N2. The summed E-state index contributed by atoms with van der Waals surface area (Å²) in [6, 6.07) is 0.592. The van der Waals surface area contributed by atoms with Crippen molar-refractivity contribution in [1.29, 1.82) is 0 Å². The molecule has 0 amide bonds. The lowest BCUT2D eigenvalue weighted by molar-refractivity contribution is 0.431. The Morgan fingerprint density at radius 1 is 1.17 bits per heavy atom. The van der Waals surface area contributed by atoms with Gasteiger partial charge in [-0.25, -0.2) is 0 Å². The van der Waals surface area contributed by atoms with Gasteiger partial charge in [-0.15, -0.1) is 0 Å². The minimum atomic E-state index is 0.592. The Balaban J connectivity index is 3.27. The minimum absolute atomic E-state index is 0.592. The summed E-state index contributed by atoms with van der Waals surface area (Å²) in [5.74, 6) is 0.814. The van der Waals surface area contributed by atoms with Crippen molar-refractivity contribution in [3.8, 4) is 0 Å². The van der Waals surface area contributed by atoms with Crippen LogP contribution in [0.1, 0.15) is 33.6 Å². The van der Waals surface area contributed by atoms with Crippen LogP contribution < -0.4 is 10.6 Å². The van der Waals surface area contributed by atoms with Crippen molar-refractivity contribution in [3.63, 3.8) is 0 Å². The van der Waals surface area contributed by atoms with Crippen LogP contribution in [0.2, 0.25) is 0 Å². The van der Waals surface area contributed by atoms with E-state index < -0.39 is 0 Å². The fraction of sp³-hybridized carbons (Fsp3) is 1.00. The number of likely N-dealkylation sites (N-methyl/N-ethyl adjacent to an activating group) is 1. The zero-order valence-corrected chi connectivity index (χ0v) is 8.98. The molecule has 0 aliphatic heterocycles. The van der Waals surface area contributed by atoms with Crippen LogP contribution >= 0.6 is 0 Å². The molecule has 2 atom stereocenters. The zero-order chi connectivity index (χ0) is 9.40. The second-order valence-corrected chi connectivity index (χ2v) is 3.76. The molecule has 74 valence electrons. The van der Waals surface area contributed by atoms with E-state index in [4.69, 9.17) is 0 Å². The lowest BCUT2D eigenvalue weighted by Gasteiger charge is -2.16. The predicted octanol–water partition coefficient (Wildman–Crippen LogP) is 1.62. The second-order valence-electron chi connectivity index (χ2n) is 3.76. The molecule has 0 bridgehead atoms. The van der Waals surface area contributed by atoms with Crippen molar-refractivity contribution >= 4 is 0 Å². The highest BCUT2D eigenvalue weighted by molar-refractivity contribution is 4.64. The fourth-order valence-corrected chi connectivity index (χ4v) is 1.38. The quantitative estimate of drug-likeness (QED) is 0.610. The molecule has 2 N–H and O–H groups in total. The summed E-state index contributed by atoms with van der Waals surface area (Å²) in [7, 11) is 1.99. The van der Waals surface area contributed by atoms with Gasteiger partial charge in [0.05, 0.1) is 0 Å². The van der Waals surface area contributed by atoms with Gasteiger partial charge in [0.1, 0.15) is 0 Å². The Morgan fingerprint density at radius 3 is 2.33 bits per heavy atom. The first-order chi connectivity index (χ1) is 5.70. The van der Waals surface area contributed by atoms with Crippen LogP contribution in [0.5, 0.6) is 0 Å². The zero-order valence-electron chi connectivity index (χ0n) is 8.98. The SMILES string of the molecule is CCCC(C)CNC(C)CNC. The van der Waals surface area contributed by atoms with Gasteiger partial charge in [-0.3, -0.25) is 0 Å². The largest absolute Gasteiger partial charge is 0.318 e. The highest BCUT2D eigenvalue weighted by Gasteiger charge is 2.03. The van der Waals surface area contributed by atoms with Crippen molar-refractivity contribution in [1.82, 2.24) is 10.6 Å². The Hall–Kier alpha value is -0.0800. The van der Waals surface area contributed by atoms with E-state index in [1.165, 1.54) is 12.8 Å². The second kappa shape index (κ2) is 7.56. The van der Waals surface area contributed by atoms with Crippen LogP contribution in [0.3, 0.4) is 0 Å². The Bertz CT molecular complexity index is 81.8. The van der Waals surface area contributed by atoms with E-state index in [0.29, 0.717) is 6.04 Å². The monoisotopic (exact) mass is 172 g/mol. The van der Waals surface area contributed by atoms with Gasteiger partial charge in [0.25, 0.3) is 0 Å². The van der Waals surface area contributed by atoms with Crippen molar-refractivity contribution in [2.24, 2.45) is 5.92 Å². The first kappa shape index (κ1) is 11.9. The van der Waals surface area contributed by atoms with Crippen LogP contribution in [0.4, 0.5) is 0 Å². The summed E-state index contributed by atoms with van der Waals surface area (Å²) in [6.45, 7) is 8.97. The summed E-state index contributed by atoms with van der Waals surface area (Å²) in [4.78, 5) is 0. The average Bonchev–Trinajstić information content (AvgIpc) is 2.02. The molecule has 0 aliphatic rings. The third-order valence-corrected chi connectivity index (χ3v) is 2.11. The number of hydrogen-bond acceptors (Lipinski definition) is 2. The summed E-state index contributed by atoms with van der Waals surface area (Å²) in [6.07, 6.45) is 2.63. The summed E-state index contributed by atoms with van der Waals surface area (Å²) >= 11 is 0. The van der Waals surface area contributed by atoms with Gasteiger partial charge in [-0.05, 0) is 32.9 Å². The number of nitrogens with one attached hydrogen (secondary N) is 2. The predicted molar refractivity (Wildman–Crippen MR) is 55.5 cm³/mol. The smallest absolute Gasteiger partial charge is 0.0164 e. The van der Waals surface area contributed by atoms with Gasteiger partial charge < -0.3 is 10.6 Å². The lowest BCUT2D eigenvalue weighted by atomic mass is 10.1. The Labute approximate surface area is 77.1 Å². The molecule has 0 aromatic rings. The number of hydrogen-bond donors (Lipinski definition) is 2. The first-order valence-electron chi connectivity index (χ1n) is 5.08. The molecule has 0 spiro atoms. The molecule has 0 saturated carbocycles. The van der Waals surface area contributed by atoms with Crippen molar-refractivity contribution < 1.29 is 0 Å². The van der Waals surface area contributed by atoms with Crippen LogP contribution in [0.15, 0.2) is 0 Å². The van der Waals surface area contributed by atoms with Gasteiger partial charge in [0, 0.05) is 12.6 Å². The van der Waals surface area contributed by atoms with Crippen LogP contribution in [0, 0.1) is 5.92 Å². The highest BCUT2D eigenvalue weighted by Crippen LogP contribution is 2.02. The topological polar surface area (TPSA) is 24.1 Å². The van der Waals surface area contributed by atoms with Crippen LogP contribution in [-0.4, -0.2) is 26.2 Å². The molecule has 12 heavy (non-hydrogen) atoms. The first-order valence-corrected chi connectivity index (χ1v) is 5.08. The molecule has 0 radical (unpaired) electrons. The molecule has 0 saturated heterocycles. The maximum atomic E-state index is 3.51. The molecule has 0 aromatic carbocycles. The summed E-state index contributed by atoms with van der Waals surface area (Å²) in [5.41, 5.74) is 0. The van der Waals surface area contributed by atoms with Gasteiger partial charge in [-0.2, -0.15) is 0 Å². The molecule has 0 fully saturated rings. The average molecular weight is 172 g/mol. The Morgan fingerprint density at radius 2 is 1.83 bits per heavy atom. The van der Waals surface area contributed by atoms with Crippen molar-refractivity contribution in [2.45, 2.75) is 39.7 Å². The van der Waals surface area contributed by atoms with E-state index in [1.54, 1.807) is 0 Å². The molecule has 0 aromatic heterocycles. The molecular weight excluding hydrogens is 148 g/mol. The molecule has 2 unspecified atom stereocenters.